The van der Waals surface area contributed by atoms with Crippen molar-refractivity contribution in [2.45, 2.75) is 13.1 Å². The smallest absolute Gasteiger partial charge is 0.339 e. The molecule has 0 aliphatic rings. The van der Waals surface area contributed by atoms with E-state index < -0.39 is 5.97 Å². The zero-order chi connectivity index (χ0) is 13.0. The maximum absolute atomic E-state index is 11.0. The summed E-state index contributed by atoms with van der Waals surface area (Å²) < 4.78 is 0. The summed E-state index contributed by atoms with van der Waals surface area (Å²) in [5.41, 5.74) is 1.92. The Balaban J connectivity index is 2.07. The molecule has 2 rings (SSSR count). The molecule has 0 atom stereocenters. The molecule has 0 bridgehead atoms. The van der Waals surface area contributed by atoms with E-state index in [9.17, 15) is 4.79 Å². The molecule has 0 aliphatic heterocycles. The van der Waals surface area contributed by atoms with E-state index in [1.807, 2.05) is 17.3 Å². The number of nitrogens with zero attached hydrogens (tertiary/aromatic N) is 3. The van der Waals surface area contributed by atoms with Crippen molar-refractivity contribution in [1.29, 1.82) is 0 Å². The van der Waals surface area contributed by atoms with Crippen LogP contribution in [0.15, 0.2) is 29.4 Å². The Labute approximate surface area is 109 Å². The number of rotatable bonds is 5. The predicted octanol–water partition coefficient (Wildman–Crippen LogP) is 1.87. The molecule has 0 spiro atoms. The van der Waals surface area contributed by atoms with Crippen molar-refractivity contribution in [2.75, 3.05) is 7.05 Å². The second-order valence-electron chi connectivity index (χ2n) is 3.99. The largest absolute Gasteiger partial charge is 0.478 e. The Kier molecular flexibility index (Phi) is 4.01. The van der Waals surface area contributed by atoms with Crippen LogP contribution < -0.4 is 0 Å². The molecule has 0 saturated carbocycles. The van der Waals surface area contributed by atoms with Gasteiger partial charge in [0, 0.05) is 19.3 Å². The third-order valence-electron chi connectivity index (χ3n) is 2.48. The second kappa shape index (κ2) is 5.70. The van der Waals surface area contributed by atoms with E-state index in [0.717, 1.165) is 6.54 Å². The van der Waals surface area contributed by atoms with Gasteiger partial charge in [0.05, 0.1) is 5.69 Å². The summed E-state index contributed by atoms with van der Waals surface area (Å²) in [6.07, 6.45) is 2.71. The topological polar surface area (TPSA) is 66.3 Å². The van der Waals surface area contributed by atoms with Crippen LogP contribution in [0.2, 0.25) is 0 Å². The molecule has 2 aromatic rings. The molecule has 1 N–H and O–H groups in total. The maximum atomic E-state index is 11.0. The Hall–Kier alpha value is -1.79. The van der Waals surface area contributed by atoms with E-state index >= 15 is 0 Å². The summed E-state index contributed by atoms with van der Waals surface area (Å²) in [6.45, 7) is 1.26. The monoisotopic (exact) mass is 263 g/mol. The fourth-order valence-corrected chi connectivity index (χ4v) is 2.33. The predicted molar refractivity (Wildman–Crippen MR) is 68.5 cm³/mol. The van der Waals surface area contributed by atoms with Gasteiger partial charge in [0.2, 0.25) is 0 Å². The summed E-state index contributed by atoms with van der Waals surface area (Å²) in [5.74, 6) is -0.991. The number of thiophene rings is 1. The second-order valence-corrected chi connectivity index (χ2v) is 4.77. The van der Waals surface area contributed by atoms with E-state index in [4.69, 9.17) is 5.11 Å². The van der Waals surface area contributed by atoms with E-state index in [-0.39, 0.29) is 5.56 Å². The van der Waals surface area contributed by atoms with Gasteiger partial charge >= 0.3 is 5.97 Å². The van der Waals surface area contributed by atoms with Crippen molar-refractivity contribution in [1.82, 2.24) is 14.9 Å². The van der Waals surface area contributed by atoms with E-state index in [1.165, 1.54) is 18.1 Å². The van der Waals surface area contributed by atoms with E-state index in [0.29, 0.717) is 12.2 Å². The van der Waals surface area contributed by atoms with Gasteiger partial charge in [0.15, 0.2) is 0 Å². The highest BCUT2D eigenvalue weighted by molar-refractivity contribution is 7.07. The average Bonchev–Trinajstić information content (AvgIpc) is 2.82. The first-order valence-corrected chi connectivity index (χ1v) is 6.33. The Morgan fingerprint density at radius 3 is 3.00 bits per heavy atom. The Morgan fingerprint density at radius 2 is 2.33 bits per heavy atom. The van der Waals surface area contributed by atoms with Crippen LogP contribution in [0.4, 0.5) is 0 Å². The summed E-state index contributed by atoms with van der Waals surface area (Å²) in [4.78, 5) is 20.8. The maximum Gasteiger partial charge on any atom is 0.339 e. The van der Waals surface area contributed by atoms with Crippen molar-refractivity contribution in [3.63, 3.8) is 0 Å². The summed E-state index contributed by atoms with van der Waals surface area (Å²) >= 11 is 1.65. The van der Waals surface area contributed by atoms with Gasteiger partial charge in [-0.3, -0.25) is 4.90 Å². The van der Waals surface area contributed by atoms with Crippen molar-refractivity contribution in [3.8, 4) is 0 Å². The van der Waals surface area contributed by atoms with Gasteiger partial charge in [-0.15, -0.1) is 0 Å². The molecular formula is C12H13N3O2S. The molecule has 0 fully saturated rings. The third-order valence-corrected chi connectivity index (χ3v) is 3.21. The highest BCUT2D eigenvalue weighted by Crippen LogP contribution is 2.12. The van der Waals surface area contributed by atoms with E-state index in [2.05, 4.69) is 21.4 Å². The van der Waals surface area contributed by atoms with Crippen molar-refractivity contribution < 1.29 is 9.90 Å². The SMILES string of the molecule is CN(Cc1ccsc1)Cc1ncncc1C(=O)O. The molecular weight excluding hydrogens is 250 g/mol. The van der Waals surface area contributed by atoms with Gasteiger partial charge < -0.3 is 5.11 Å². The number of aromatic nitrogens is 2. The number of carbonyl (C=O) groups is 1. The van der Waals surface area contributed by atoms with Gasteiger partial charge in [-0.2, -0.15) is 11.3 Å². The summed E-state index contributed by atoms with van der Waals surface area (Å²) in [5, 5.41) is 13.1. The van der Waals surface area contributed by atoms with Crippen molar-refractivity contribution >= 4 is 17.3 Å². The number of carboxylic acid groups (broad SMARTS) is 1. The minimum absolute atomic E-state index is 0.162. The van der Waals surface area contributed by atoms with Crippen LogP contribution in [0.3, 0.4) is 0 Å². The van der Waals surface area contributed by atoms with Crippen LogP contribution in [0.1, 0.15) is 21.6 Å². The van der Waals surface area contributed by atoms with Crippen molar-refractivity contribution in [2.24, 2.45) is 0 Å². The standard InChI is InChI=1S/C12H13N3O2S/c1-15(5-9-2-3-18-7-9)6-11-10(12(16)17)4-13-8-14-11/h2-4,7-8H,5-6H2,1H3,(H,16,17). The molecule has 0 aliphatic carbocycles. The first-order chi connectivity index (χ1) is 8.66. The van der Waals surface area contributed by atoms with Crippen LogP contribution in [0.25, 0.3) is 0 Å². The minimum Gasteiger partial charge on any atom is -0.478 e. The number of carboxylic acids is 1. The lowest BCUT2D eigenvalue weighted by Crippen LogP contribution is -2.20. The normalized spacial score (nSPS) is 10.8. The molecule has 0 saturated heterocycles. The molecule has 0 radical (unpaired) electrons. The van der Waals surface area contributed by atoms with E-state index in [1.54, 1.807) is 11.3 Å². The van der Waals surface area contributed by atoms with Gasteiger partial charge in [-0.1, -0.05) is 0 Å². The lowest BCUT2D eigenvalue weighted by Gasteiger charge is -2.16. The first kappa shape index (κ1) is 12.7. The van der Waals surface area contributed by atoms with Crippen LogP contribution in [0, 0.1) is 0 Å². The molecule has 94 valence electrons. The minimum atomic E-state index is -0.991. The Morgan fingerprint density at radius 1 is 1.50 bits per heavy atom. The Bertz CT molecular complexity index is 528. The lowest BCUT2D eigenvalue weighted by atomic mass is 10.2. The molecule has 6 heteroatoms. The number of aromatic carboxylic acids is 1. The number of hydrogen-bond donors (Lipinski definition) is 1. The molecule has 2 heterocycles. The highest BCUT2D eigenvalue weighted by Gasteiger charge is 2.13. The summed E-state index contributed by atoms with van der Waals surface area (Å²) in [6, 6.07) is 2.05. The highest BCUT2D eigenvalue weighted by atomic mass is 32.1. The molecule has 2 aromatic heterocycles. The van der Waals surface area contributed by atoms with Gasteiger partial charge in [-0.25, -0.2) is 14.8 Å². The van der Waals surface area contributed by atoms with Gasteiger partial charge in [-0.05, 0) is 29.4 Å². The fraction of sp³-hybridized carbons (Fsp3) is 0.250. The lowest BCUT2D eigenvalue weighted by molar-refractivity contribution is 0.0693. The molecule has 0 amide bonds. The molecule has 18 heavy (non-hydrogen) atoms. The van der Waals surface area contributed by atoms with Crippen LogP contribution in [-0.2, 0) is 13.1 Å². The van der Waals surface area contributed by atoms with Crippen LogP contribution in [0.5, 0.6) is 0 Å². The zero-order valence-electron chi connectivity index (χ0n) is 9.91. The van der Waals surface area contributed by atoms with Gasteiger partial charge in [0.1, 0.15) is 11.9 Å². The molecule has 0 unspecified atom stereocenters. The van der Waals surface area contributed by atoms with Crippen LogP contribution >= 0.6 is 11.3 Å². The van der Waals surface area contributed by atoms with Gasteiger partial charge in [0.25, 0.3) is 0 Å². The molecule has 5 nitrogen and oxygen atoms in total. The fourth-order valence-electron chi connectivity index (χ4n) is 1.67. The quantitative estimate of drug-likeness (QED) is 0.892. The first-order valence-electron chi connectivity index (χ1n) is 5.38. The number of hydrogen-bond acceptors (Lipinski definition) is 5. The van der Waals surface area contributed by atoms with Crippen molar-refractivity contribution in [3.05, 3.63) is 46.2 Å². The molecule has 0 aromatic carbocycles. The zero-order valence-corrected chi connectivity index (χ0v) is 10.7. The summed E-state index contributed by atoms with van der Waals surface area (Å²) in [7, 11) is 1.94. The van der Waals surface area contributed by atoms with Crippen LogP contribution in [-0.4, -0.2) is 33.0 Å². The average molecular weight is 263 g/mol. The third kappa shape index (κ3) is 3.12.